The lowest BCUT2D eigenvalue weighted by Gasteiger charge is -2.24. The molecule has 1 aliphatic rings. The molecule has 4 rings (SSSR count). The van der Waals surface area contributed by atoms with E-state index in [1.54, 1.807) is 4.90 Å². The lowest BCUT2D eigenvalue weighted by atomic mass is 10.1. The molecule has 0 unspecified atom stereocenters. The number of hydrogen-bond acceptors (Lipinski definition) is 2. The standard InChI is InChI=1S/C27H28N2O2/c1-20-10-14-24(15-11-20)27(31)29(19-22-6-3-2-4-7-22)25-9-5-8-23(16-25)17-26(30)28-18-21-12-13-21/h2-11,14-16,21H,12-13,17-19H2,1H3,(H,28,30). The molecule has 0 spiro atoms. The monoisotopic (exact) mass is 412 g/mol. The van der Waals surface area contributed by atoms with E-state index in [1.165, 1.54) is 12.8 Å². The van der Waals surface area contributed by atoms with Crippen LogP contribution in [0.4, 0.5) is 5.69 Å². The van der Waals surface area contributed by atoms with Crippen molar-refractivity contribution < 1.29 is 9.59 Å². The second kappa shape index (κ2) is 9.61. The summed E-state index contributed by atoms with van der Waals surface area (Å²) in [6.07, 6.45) is 2.75. The van der Waals surface area contributed by atoms with E-state index in [2.05, 4.69) is 5.32 Å². The average Bonchev–Trinajstić information content (AvgIpc) is 3.62. The lowest BCUT2D eigenvalue weighted by molar-refractivity contribution is -0.120. The van der Waals surface area contributed by atoms with Crippen LogP contribution < -0.4 is 10.2 Å². The van der Waals surface area contributed by atoms with E-state index in [4.69, 9.17) is 0 Å². The Morgan fingerprint density at radius 2 is 1.61 bits per heavy atom. The molecule has 4 nitrogen and oxygen atoms in total. The summed E-state index contributed by atoms with van der Waals surface area (Å²) in [5.74, 6) is 0.631. The van der Waals surface area contributed by atoms with Crippen molar-refractivity contribution >= 4 is 17.5 Å². The molecule has 0 heterocycles. The van der Waals surface area contributed by atoms with E-state index < -0.39 is 0 Å². The fraction of sp³-hybridized carbons (Fsp3) is 0.259. The number of carbonyl (C=O) groups excluding carboxylic acids is 2. The highest BCUT2D eigenvalue weighted by Crippen LogP contribution is 2.27. The van der Waals surface area contributed by atoms with Crippen LogP contribution in [0.3, 0.4) is 0 Å². The second-order valence-corrected chi connectivity index (χ2v) is 8.34. The number of rotatable bonds is 8. The Kier molecular flexibility index (Phi) is 6.46. The molecule has 4 heteroatoms. The number of hydrogen-bond donors (Lipinski definition) is 1. The van der Waals surface area contributed by atoms with Gasteiger partial charge in [-0.05, 0) is 61.1 Å². The van der Waals surface area contributed by atoms with Crippen LogP contribution in [-0.2, 0) is 17.8 Å². The average molecular weight is 413 g/mol. The number of carbonyl (C=O) groups is 2. The fourth-order valence-electron chi connectivity index (χ4n) is 3.56. The maximum atomic E-state index is 13.4. The van der Waals surface area contributed by atoms with Crippen LogP contribution in [0.1, 0.15) is 39.9 Å². The van der Waals surface area contributed by atoms with Gasteiger partial charge in [-0.25, -0.2) is 0 Å². The van der Waals surface area contributed by atoms with E-state index in [0.29, 0.717) is 24.4 Å². The molecule has 0 bridgehead atoms. The predicted molar refractivity (Wildman–Crippen MR) is 124 cm³/mol. The van der Waals surface area contributed by atoms with Crippen molar-refractivity contribution in [2.75, 3.05) is 11.4 Å². The second-order valence-electron chi connectivity index (χ2n) is 8.34. The SMILES string of the molecule is Cc1ccc(C(=O)N(Cc2ccccc2)c2cccc(CC(=O)NCC3CC3)c2)cc1. The first-order valence-electron chi connectivity index (χ1n) is 10.9. The van der Waals surface area contributed by atoms with Gasteiger partial charge in [0.05, 0.1) is 13.0 Å². The highest BCUT2D eigenvalue weighted by atomic mass is 16.2. The van der Waals surface area contributed by atoms with Crippen LogP contribution >= 0.6 is 0 Å². The number of aryl methyl sites for hydroxylation is 1. The van der Waals surface area contributed by atoms with Gasteiger partial charge < -0.3 is 10.2 Å². The third kappa shape index (κ3) is 5.82. The minimum absolute atomic E-state index is 0.0310. The number of nitrogens with one attached hydrogen (secondary N) is 1. The molecule has 0 radical (unpaired) electrons. The molecule has 1 N–H and O–H groups in total. The molecule has 2 amide bonds. The van der Waals surface area contributed by atoms with Crippen molar-refractivity contribution in [3.05, 3.63) is 101 Å². The Labute approximate surface area is 183 Å². The molecule has 1 aliphatic carbocycles. The summed E-state index contributed by atoms with van der Waals surface area (Å²) in [5, 5.41) is 3.02. The summed E-state index contributed by atoms with van der Waals surface area (Å²) in [7, 11) is 0. The van der Waals surface area contributed by atoms with Crippen LogP contribution in [0.25, 0.3) is 0 Å². The van der Waals surface area contributed by atoms with Gasteiger partial charge in [-0.1, -0.05) is 60.2 Å². The first kappa shape index (κ1) is 20.9. The highest BCUT2D eigenvalue weighted by molar-refractivity contribution is 6.06. The van der Waals surface area contributed by atoms with Gasteiger partial charge in [-0.15, -0.1) is 0 Å². The normalized spacial score (nSPS) is 12.9. The highest BCUT2D eigenvalue weighted by Gasteiger charge is 2.22. The summed E-state index contributed by atoms with van der Waals surface area (Å²) in [6, 6.07) is 25.3. The molecule has 0 aliphatic heterocycles. The van der Waals surface area contributed by atoms with Gasteiger partial charge in [-0.3, -0.25) is 9.59 Å². The lowest BCUT2D eigenvalue weighted by Crippen LogP contribution is -2.31. The number of amides is 2. The van der Waals surface area contributed by atoms with Crippen LogP contribution in [-0.4, -0.2) is 18.4 Å². The van der Waals surface area contributed by atoms with Gasteiger partial charge in [0.25, 0.3) is 5.91 Å². The Balaban J connectivity index is 1.57. The molecular formula is C27H28N2O2. The van der Waals surface area contributed by atoms with Gasteiger partial charge in [-0.2, -0.15) is 0 Å². The van der Waals surface area contributed by atoms with E-state index in [-0.39, 0.29) is 11.8 Å². The molecule has 1 saturated carbocycles. The molecule has 31 heavy (non-hydrogen) atoms. The fourth-order valence-corrected chi connectivity index (χ4v) is 3.56. The van der Waals surface area contributed by atoms with Crippen molar-refractivity contribution in [2.24, 2.45) is 5.92 Å². The van der Waals surface area contributed by atoms with Gasteiger partial charge in [0, 0.05) is 17.8 Å². The summed E-state index contributed by atoms with van der Waals surface area (Å²) in [4.78, 5) is 27.5. The number of benzene rings is 3. The molecule has 0 atom stereocenters. The molecule has 3 aromatic carbocycles. The maximum Gasteiger partial charge on any atom is 0.258 e. The van der Waals surface area contributed by atoms with E-state index in [0.717, 1.165) is 28.9 Å². The minimum atomic E-state index is -0.0563. The van der Waals surface area contributed by atoms with Crippen molar-refractivity contribution in [2.45, 2.75) is 32.7 Å². The molecule has 3 aromatic rings. The van der Waals surface area contributed by atoms with Crippen molar-refractivity contribution in [1.29, 1.82) is 0 Å². The Bertz CT molecular complexity index is 1040. The van der Waals surface area contributed by atoms with Crippen LogP contribution in [0.15, 0.2) is 78.9 Å². The predicted octanol–water partition coefficient (Wildman–Crippen LogP) is 4.91. The van der Waals surface area contributed by atoms with Crippen LogP contribution in [0.5, 0.6) is 0 Å². The van der Waals surface area contributed by atoms with Gasteiger partial charge in [0.15, 0.2) is 0 Å². The summed E-state index contributed by atoms with van der Waals surface area (Å²) in [6.45, 7) is 3.24. The topological polar surface area (TPSA) is 49.4 Å². The maximum absolute atomic E-state index is 13.4. The summed E-state index contributed by atoms with van der Waals surface area (Å²) < 4.78 is 0. The Morgan fingerprint density at radius 3 is 2.32 bits per heavy atom. The molecular weight excluding hydrogens is 384 g/mol. The third-order valence-corrected chi connectivity index (χ3v) is 5.60. The van der Waals surface area contributed by atoms with Gasteiger partial charge in [0.2, 0.25) is 5.91 Å². The molecule has 158 valence electrons. The molecule has 0 aromatic heterocycles. The number of nitrogens with zero attached hydrogens (tertiary/aromatic N) is 1. The van der Waals surface area contributed by atoms with E-state index >= 15 is 0 Å². The zero-order chi connectivity index (χ0) is 21.6. The van der Waals surface area contributed by atoms with Gasteiger partial charge in [0.1, 0.15) is 0 Å². The summed E-state index contributed by atoms with van der Waals surface area (Å²) in [5.41, 5.74) is 4.51. The van der Waals surface area contributed by atoms with E-state index in [9.17, 15) is 9.59 Å². The van der Waals surface area contributed by atoms with Crippen molar-refractivity contribution in [3.8, 4) is 0 Å². The smallest absolute Gasteiger partial charge is 0.258 e. The molecule has 1 fully saturated rings. The first-order valence-corrected chi connectivity index (χ1v) is 10.9. The Morgan fingerprint density at radius 1 is 0.903 bits per heavy atom. The Hall–Kier alpha value is -3.40. The van der Waals surface area contributed by atoms with Crippen molar-refractivity contribution in [1.82, 2.24) is 5.32 Å². The van der Waals surface area contributed by atoms with E-state index in [1.807, 2.05) is 85.8 Å². The third-order valence-electron chi connectivity index (χ3n) is 5.60. The molecule has 0 saturated heterocycles. The van der Waals surface area contributed by atoms with Crippen molar-refractivity contribution in [3.63, 3.8) is 0 Å². The van der Waals surface area contributed by atoms with Gasteiger partial charge >= 0.3 is 0 Å². The quantitative estimate of drug-likeness (QED) is 0.571. The number of anilines is 1. The largest absolute Gasteiger partial charge is 0.356 e. The van der Waals surface area contributed by atoms with Crippen LogP contribution in [0.2, 0.25) is 0 Å². The summed E-state index contributed by atoms with van der Waals surface area (Å²) >= 11 is 0. The minimum Gasteiger partial charge on any atom is -0.356 e. The zero-order valence-corrected chi connectivity index (χ0v) is 17.9. The van der Waals surface area contributed by atoms with Crippen LogP contribution in [0, 0.1) is 12.8 Å². The zero-order valence-electron chi connectivity index (χ0n) is 17.9. The first-order chi connectivity index (χ1) is 15.1.